The number of anilines is 1. The molecule has 0 aliphatic carbocycles. The summed E-state index contributed by atoms with van der Waals surface area (Å²) in [5, 5.41) is 9.15. The summed E-state index contributed by atoms with van der Waals surface area (Å²) in [6.07, 6.45) is 4.27. The van der Waals surface area contributed by atoms with Crippen molar-refractivity contribution in [1.29, 1.82) is 0 Å². The second-order valence-electron chi connectivity index (χ2n) is 7.02. The van der Waals surface area contributed by atoms with Crippen LogP contribution in [0.25, 0.3) is 0 Å². The Balaban J connectivity index is 1.58. The van der Waals surface area contributed by atoms with Crippen molar-refractivity contribution < 1.29 is 14.7 Å². The lowest BCUT2D eigenvalue weighted by atomic mass is 9.96. The van der Waals surface area contributed by atoms with Crippen molar-refractivity contribution in [3.05, 3.63) is 29.3 Å². The minimum absolute atomic E-state index is 0.156. The van der Waals surface area contributed by atoms with E-state index in [1.807, 2.05) is 12.1 Å². The number of aliphatic carboxylic acids is 1. The molecule has 24 heavy (non-hydrogen) atoms. The van der Waals surface area contributed by atoms with E-state index in [1.54, 1.807) is 0 Å². The Hall–Kier alpha value is -1.88. The number of hydrogen-bond acceptors (Lipinski definition) is 4. The molecule has 1 fully saturated rings. The molecule has 2 aliphatic heterocycles. The van der Waals surface area contributed by atoms with Crippen molar-refractivity contribution in [2.75, 3.05) is 38.1 Å². The molecule has 1 aromatic carbocycles. The van der Waals surface area contributed by atoms with Crippen molar-refractivity contribution in [2.45, 2.75) is 32.1 Å². The maximum Gasteiger partial charge on any atom is 0.307 e. The number of carboxylic acids is 1. The third-order valence-corrected chi connectivity index (χ3v) is 5.26. The molecule has 1 unspecified atom stereocenters. The fourth-order valence-corrected chi connectivity index (χ4v) is 3.82. The SMILES string of the molecule is CN1CCCc2cc(C(=O)CCN3CCCC(C(=O)O)C3)ccc21. The molecule has 1 N–H and O–H groups in total. The van der Waals surface area contributed by atoms with Crippen LogP contribution < -0.4 is 4.90 Å². The van der Waals surface area contributed by atoms with Gasteiger partial charge in [-0.25, -0.2) is 0 Å². The number of fused-ring (bicyclic) bond motifs is 1. The molecule has 0 amide bonds. The number of likely N-dealkylation sites (tertiary alicyclic amines) is 1. The first-order chi connectivity index (χ1) is 11.5. The minimum atomic E-state index is -0.718. The maximum absolute atomic E-state index is 12.5. The van der Waals surface area contributed by atoms with Gasteiger partial charge in [0.25, 0.3) is 0 Å². The number of rotatable bonds is 5. The van der Waals surface area contributed by atoms with Gasteiger partial charge in [0.05, 0.1) is 5.92 Å². The molecule has 5 heteroatoms. The van der Waals surface area contributed by atoms with Crippen molar-refractivity contribution in [1.82, 2.24) is 4.90 Å². The number of Topliss-reactive ketones (excluding diaryl/α,β-unsaturated/α-hetero) is 1. The highest BCUT2D eigenvalue weighted by atomic mass is 16.4. The fourth-order valence-electron chi connectivity index (χ4n) is 3.82. The van der Waals surface area contributed by atoms with Crippen LogP contribution in [0.5, 0.6) is 0 Å². The third kappa shape index (κ3) is 3.78. The number of aryl methyl sites for hydroxylation is 1. The Morgan fingerprint density at radius 1 is 1.25 bits per heavy atom. The summed E-state index contributed by atoms with van der Waals surface area (Å²) >= 11 is 0. The van der Waals surface area contributed by atoms with Crippen LogP contribution in [0.4, 0.5) is 5.69 Å². The van der Waals surface area contributed by atoms with E-state index >= 15 is 0 Å². The molecule has 1 atom stereocenters. The molecule has 0 spiro atoms. The van der Waals surface area contributed by atoms with Gasteiger partial charge in [0.1, 0.15) is 0 Å². The molecular weight excluding hydrogens is 304 g/mol. The molecule has 1 aromatic rings. The number of carbonyl (C=O) groups excluding carboxylic acids is 1. The van der Waals surface area contributed by atoms with Crippen molar-refractivity contribution in [3.63, 3.8) is 0 Å². The number of carboxylic acid groups (broad SMARTS) is 1. The molecule has 5 nitrogen and oxygen atoms in total. The van der Waals surface area contributed by atoms with Crippen LogP contribution in [0.15, 0.2) is 18.2 Å². The standard InChI is InChI=1S/C19H26N2O3/c1-20-9-2-4-14-12-15(6-7-17(14)20)18(22)8-11-21-10-3-5-16(13-21)19(23)24/h6-7,12,16H,2-5,8-11,13H2,1H3,(H,23,24). The number of hydrogen-bond donors (Lipinski definition) is 1. The topological polar surface area (TPSA) is 60.9 Å². The highest BCUT2D eigenvalue weighted by molar-refractivity contribution is 5.96. The zero-order valence-corrected chi connectivity index (χ0v) is 14.3. The van der Waals surface area contributed by atoms with Crippen LogP contribution in [0.2, 0.25) is 0 Å². The van der Waals surface area contributed by atoms with Gasteiger partial charge in [-0.1, -0.05) is 0 Å². The Labute approximate surface area is 143 Å². The summed E-state index contributed by atoms with van der Waals surface area (Å²) < 4.78 is 0. The average Bonchev–Trinajstić information content (AvgIpc) is 2.60. The lowest BCUT2D eigenvalue weighted by Gasteiger charge is -2.30. The van der Waals surface area contributed by atoms with E-state index in [0.29, 0.717) is 19.5 Å². The zero-order chi connectivity index (χ0) is 17.1. The van der Waals surface area contributed by atoms with Gasteiger partial charge < -0.3 is 14.9 Å². The van der Waals surface area contributed by atoms with Crippen molar-refractivity contribution >= 4 is 17.4 Å². The van der Waals surface area contributed by atoms with Gasteiger partial charge in [0.2, 0.25) is 0 Å². The van der Waals surface area contributed by atoms with Crippen molar-refractivity contribution in [3.8, 4) is 0 Å². The summed E-state index contributed by atoms with van der Waals surface area (Å²) in [5.41, 5.74) is 3.28. The highest BCUT2D eigenvalue weighted by Crippen LogP contribution is 2.27. The van der Waals surface area contributed by atoms with E-state index in [9.17, 15) is 9.59 Å². The summed E-state index contributed by atoms with van der Waals surface area (Å²) in [4.78, 5) is 28.0. The maximum atomic E-state index is 12.5. The first kappa shape index (κ1) is 17.0. The molecule has 0 aromatic heterocycles. The minimum Gasteiger partial charge on any atom is -0.481 e. The molecule has 3 rings (SSSR count). The van der Waals surface area contributed by atoms with Crippen LogP contribution in [0, 0.1) is 5.92 Å². The van der Waals surface area contributed by atoms with Gasteiger partial charge in [-0.05, 0) is 56.0 Å². The molecular formula is C19H26N2O3. The van der Waals surface area contributed by atoms with Crippen LogP contribution in [-0.4, -0.2) is 55.0 Å². The van der Waals surface area contributed by atoms with Crippen LogP contribution >= 0.6 is 0 Å². The largest absolute Gasteiger partial charge is 0.481 e. The second kappa shape index (κ2) is 7.34. The first-order valence-corrected chi connectivity index (χ1v) is 8.87. The predicted molar refractivity (Wildman–Crippen MR) is 93.8 cm³/mol. The quantitative estimate of drug-likeness (QED) is 0.840. The van der Waals surface area contributed by atoms with Crippen molar-refractivity contribution in [2.24, 2.45) is 5.92 Å². The Morgan fingerprint density at radius 2 is 2.08 bits per heavy atom. The smallest absolute Gasteiger partial charge is 0.307 e. The second-order valence-corrected chi connectivity index (χ2v) is 7.02. The molecule has 0 bridgehead atoms. The van der Waals surface area contributed by atoms with Gasteiger partial charge in [0, 0.05) is 44.4 Å². The molecule has 0 saturated carbocycles. The fraction of sp³-hybridized carbons (Fsp3) is 0.579. The Kier molecular flexibility index (Phi) is 5.19. The monoisotopic (exact) mass is 330 g/mol. The molecule has 2 aliphatic rings. The Morgan fingerprint density at radius 3 is 2.88 bits per heavy atom. The van der Waals surface area contributed by atoms with E-state index in [-0.39, 0.29) is 11.7 Å². The Bertz CT molecular complexity index is 629. The van der Waals surface area contributed by atoms with Crippen LogP contribution in [0.3, 0.4) is 0 Å². The zero-order valence-electron chi connectivity index (χ0n) is 14.3. The summed E-state index contributed by atoms with van der Waals surface area (Å²) in [6, 6.07) is 6.03. The van der Waals surface area contributed by atoms with Gasteiger partial charge in [-0.15, -0.1) is 0 Å². The lowest BCUT2D eigenvalue weighted by Crippen LogP contribution is -2.39. The molecule has 0 radical (unpaired) electrons. The number of carbonyl (C=O) groups is 2. The summed E-state index contributed by atoms with van der Waals surface area (Å²) in [5.74, 6) is -0.846. The molecule has 130 valence electrons. The lowest BCUT2D eigenvalue weighted by molar-refractivity contribution is -0.143. The van der Waals surface area contributed by atoms with Crippen LogP contribution in [0.1, 0.15) is 41.6 Å². The summed E-state index contributed by atoms with van der Waals surface area (Å²) in [6.45, 7) is 3.18. The van der Waals surface area contributed by atoms with Gasteiger partial charge in [-0.2, -0.15) is 0 Å². The van der Waals surface area contributed by atoms with E-state index in [2.05, 4.69) is 22.9 Å². The molecule has 1 saturated heterocycles. The number of benzene rings is 1. The van der Waals surface area contributed by atoms with E-state index in [4.69, 9.17) is 5.11 Å². The average molecular weight is 330 g/mol. The number of ketones is 1. The predicted octanol–water partition coefficient (Wildman–Crippen LogP) is 2.44. The molecule has 2 heterocycles. The summed E-state index contributed by atoms with van der Waals surface area (Å²) in [7, 11) is 2.09. The van der Waals surface area contributed by atoms with Crippen LogP contribution in [-0.2, 0) is 11.2 Å². The van der Waals surface area contributed by atoms with Gasteiger partial charge in [0.15, 0.2) is 5.78 Å². The van der Waals surface area contributed by atoms with E-state index in [1.165, 1.54) is 11.3 Å². The number of nitrogens with zero attached hydrogens (tertiary/aromatic N) is 2. The van der Waals surface area contributed by atoms with E-state index < -0.39 is 5.97 Å². The normalized spacial score (nSPS) is 21.4. The first-order valence-electron chi connectivity index (χ1n) is 8.87. The van der Waals surface area contributed by atoms with Gasteiger partial charge in [-0.3, -0.25) is 9.59 Å². The van der Waals surface area contributed by atoms with Gasteiger partial charge >= 0.3 is 5.97 Å². The third-order valence-electron chi connectivity index (χ3n) is 5.26. The number of piperidine rings is 1. The highest BCUT2D eigenvalue weighted by Gasteiger charge is 2.25. The van der Waals surface area contributed by atoms with E-state index in [0.717, 1.165) is 44.3 Å².